The Morgan fingerprint density at radius 2 is 1.73 bits per heavy atom. The van der Waals surface area contributed by atoms with E-state index in [0.29, 0.717) is 17.0 Å². The summed E-state index contributed by atoms with van der Waals surface area (Å²) >= 11 is 5.97. The van der Waals surface area contributed by atoms with Crippen molar-refractivity contribution in [3.63, 3.8) is 0 Å². The number of halogens is 1. The number of pyridine rings is 1. The van der Waals surface area contributed by atoms with E-state index in [1.54, 1.807) is 6.20 Å². The lowest BCUT2D eigenvalue weighted by molar-refractivity contribution is 0.744. The van der Waals surface area contributed by atoms with Gasteiger partial charge < -0.3 is 10.6 Å². The summed E-state index contributed by atoms with van der Waals surface area (Å²) in [5.74, 6) is 1.36. The van der Waals surface area contributed by atoms with Crippen LogP contribution in [0.5, 0.6) is 0 Å². The average Bonchev–Trinajstić information content (AvgIpc) is 3.17. The topological polar surface area (TPSA) is 62.7 Å². The van der Waals surface area contributed by atoms with Gasteiger partial charge in [-0.25, -0.2) is 4.98 Å². The lowest BCUT2D eigenvalue weighted by Gasteiger charge is -2.14. The summed E-state index contributed by atoms with van der Waals surface area (Å²) in [4.78, 5) is 13.7. The number of nitrogens with zero attached hydrogens (tertiary/aromatic N) is 3. The first kappa shape index (κ1) is 16.8. The quantitative estimate of drug-likeness (QED) is 0.643. The van der Waals surface area contributed by atoms with Crippen molar-refractivity contribution in [1.29, 1.82) is 0 Å². The van der Waals surface area contributed by atoms with Crippen molar-refractivity contribution in [3.05, 3.63) is 59.8 Å². The number of rotatable bonds is 5. The zero-order chi connectivity index (χ0) is 17.8. The molecule has 5 nitrogen and oxygen atoms in total. The molecule has 0 amide bonds. The van der Waals surface area contributed by atoms with Gasteiger partial charge in [-0.05, 0) is 49.2 Å². The van der Waals surface area contributed by atoms with E-state index in [1.165, 1.54) is 12.8 Å². The fraction of sp³-hybridized carbons (Fsp3) is 0.250. The maximum Gasteiger partial charge on any atom is 0.225 e. The molecule has 1 aliphatic rings. The van der Waals surface area contributed by atoms with Crippen molar-refractivity contribution in [2.75, 3.05) is 10.6 Å². The summed E-state index contributed by atoms with van der Waals surface area (Å²) in [6, 6.07) is 15.7. The first-order valence-electron chi connectivity index (χ1n) is 8.86. The number of aromatic nitrogens is 3. The van der Waals surface area contributed by atoms with Gasteiger partial charge in [-0.1, -0.05) is 30.5 Å². The second-order valence-electron chi connectivity index (χ2n) is 6.43. The predicted molar refractivity (Wildman–Crippen MR) is 106 cm³/mol. The lowest BCUT2D eigenvalue weighted by atomic mass is 10.2. The molecule has 0 saturated heterocycles. The Kier molecular flexibility index (Phi) is 4.97. The highest BCUT2D eigenvalue weighted by atomic mass is 35.5. The van der Waals surface area contributed by atoms with Gasteiger partial charge in [0, 0.05) is 29.0 Å². The van der Waals surface area contributed by atoms with Crippen molar-refractivity contribution < 1.29 is 0 Å². The highest BCUT2D eigenvalue weighted by Crippen LogP contribution is 2.25. The maximum atomic E-state index is 5.97. The standard InChI is InChI=1S/C20H20ClN5/c21-14-8-10-16(11-9-14)23-19-13-18(17-7-3-4-12-22-17)25-20(26-19)24-15-5-1-2-6-15/h3-4,7-13,15H,1-2,5-6H2,(H2,23,24,25,26). The molecule has 4 rings (SSSR count). The van der Waals surface area contributed by atoms with Crippen LogP contribution in [0, 0.1) is 0 Å². The Bertz CT molecular complexity index is 861. The van der Waals surface area contributed by atoms with Gasteiger partial charge in [0.25, 0.3) is 0 Å². The molecular formula is C20H20ClN5. The van der Waals surface area contributed by atoms with Gasteiger partial charge in [-0.3, -0.25) is 4.98 Å². The molecule has 1 aliphatic carbocycles. The molecule has 0 bridgehead atoms. The Balaban J connectivity index is 1.65. The monoisotopic (exact) mass is 365 g/mol. The van der Waals surface area contributed by atoms with Crippen molar-refractivity contribution in [1.82, 2.24) is 15.0 Å². The largest absolute Gasteiger partial charge is 0.351 e. The molecule has 0 spiro atoms. The van der Waals surface area contributed by atoms with E-state index in [2.05, 4.69) is 25.6 Å². The Morgan fingerprint density at radius 1 is 0.923 bits per heavy atom. The highest BCUT2D eigenvalue weighted by Gasteiger charge is 2.17. The molecule has 0 atom stereocenters. The van der Waals surface area contributed by atoms with Crippen LogP contribution in [-0.2, 0) is 0 Å². The zero-order valence-electron chi connectivity index (χ0n) is 14.3. The molecule has 6 heteroatoms. The third-order valence-corrected chi connectivity index (χ3v) is 4.71. The summed E-state index contributed by atoms with van der Waals surface area (Å²) in [5.41, 5.74) is 2.54. The average molecular weight is 366 g/mol. The number of nitrogens with one attached hydrogen (secondary N) is 2. The Morgan fingerprint density at radius 3 is 2.46 bits per heavy atom. The number of hydrogen-bond donors (Lipinski definition) is 2. The molecule has 0 radical (unpaired) electrons. The molecule has 3 aromatic rings. The summed E-state index contributed by atoms with van der Waals surface area (Å²) in [6.45, 7) is 0. The molecule has 0 aliphatic heterocycles. The van der Waals surface area contributed by atoms with Gasteiger partial charge in [0.05, 0.1) is 11.4 Å². The number of hydrogen-bond acceptors (Lipinski definition) is 5. The van der Waals surface area contributed by atoms with E-state index in [1.807, 2.05) is 48.5 Å². The van der Waals surface area contributed by atoms with Crippen LogP contribution in [0.15, 0.2) is 54.7 Å². The molecule has 132 valence electrons. The minimum absolute atomic E-state index is 0.442. The van der Waals surface area contributed by atoms with E-state index >= 15 is 0 Å². The third-order valence-electron chi connectivity index (χ3n) is 4.46. The summed E-state index contributed by atoms with van der Waals surface area (Å²) < 4.78 is 0. The van der Waals surface area contributed by atoms with Crippen LogP contribution in [0.2, 0.25) is 5.02 Å². The number of benzene rings is 1. The second-order valence-corrected chi connectivity index (χ2v) is 6.87. The van der Waals surface area contributed by atoms with E-state index < -0.39 is 0 Å². The summed E-state index contributed by atoms with van der Waals surface area (Å²) in [5, 5.41) is 7.51. The van der Waals surface area contributed by atoms with Crippen LogP contribution < -0.4 is 10.6 Å². The minimum Gasteiger partial charge on any atom is -0.351 e. The molecule has 26 heavy (non-hydrogen) atoms. The van der Waals surface area contributed by atoms with E-state index in [-0.39, 0.29) is 0 Å². The normalized spacial score (nSPS) is 14.3. The van der Waals surface area contributed by atoms with Crippen LogP contribution in [0.1, 0.15) is 25.7 Å². The van der Waals surface area contributed by atoms with Crippen molar-refractivity contribution in [2.24, 2.45) is 0 Å². The number of anilines is 3. The fourth-order valence-electron chi connectivity index (χ4n) is 3.16. The summed E-state index contributed by atoms with van der Waals surface area (Å²) in [7, 11) is 0. The minimum atomic E-state index is 0.442. The van der Waals surface area contributed by atoms with Crippen molar-refractivity contribution in [3.8, 4) is 11.4 Å². The molecule has 2 aromatic heterocycles. The molecule has 2 heterocycles. The fourth-order valence-corrected chi connectivity index (χ4v) is 3.28. The van der Waals surface area contributed by atoms with E-state index in [4.69, 9.17) is 11.6 Å². The molecule has 0 unspecified atom stereocenters. The summed E-state index contributed by atoms with van der Waals surface area (Å²) in [6.07, 6.45) is 6.61. The second kappa shape index (κ2) is 7.70. The molecule has 1 fully saturated rings. The van der Waals surface area contributed by atoms with Gasteiger partial charge >= 0.3 is 0 Å². The Labute approximate surface area is 157 Å². The van der Waals surface area contributed by atoms with Gasteiger partial charge in [0.2, 0.25) is 5.95 Å². The third kappa shape index (κ3) is 4.11. The lowest BCUT2D eigenvalue weighted by Crippen LogP contribution is -2.17. The van der Waals surface area contributed by atoms with Crippen LogP contribution in [-0.4, -0.2) is 21.0 Å². The van der Waals surface area contributed by atoms with Crippen molar-refractivity contribution >= 4 is 29.1 Å². The van der Waals surface area contributed by atoms with Crippen LogP contribution >= 0.6 is 11.6 Å². The zero-order valence-corrected chi connectivity index (χ0v) is 15.1. The molecular weight excluding hydrogens is 346 g/mol. The van der Waals surface area contributed by atoms with Crippen LogP contribution in [0.4, 0.5) is 17.5 Å². The highest BCUT2D eigenvalue weighted by molar-refractivity contribution is 6.30. The molecule has 1 saturated carbocycles. The first-order valence-corrected chi connectivity index (χ1v) is 9.24. The predicted octanol–water partition coefficient (Wildman–Crippen LogP) is 5.29. The Hall–Kier alpha value is -2.66. The van der Waals surface area contributed by atoms with E-state index in [9.17, 15) is 0 Å². The SMILES string of the molecule is Clc1ccc(Nc2cc(-c3ccccn3)nc(NC3CCCC3)n2)cc1. The first-order chi connectivity index (χ1) is 12.8. The molecule has 2 N–H and O–H groups in total. The smallest absolute Gasteiger partial charge is 0.225 e. The van der Waals surface area contributed by atoms with E-state index in [0.717, 1.165) is 35.7 Å². The van der Waals surface area contributed by atoms with Crippen LogP contribution in [0.3, 0.4) is 0 Å². The van der Waals surface area contributed by atoms with Gasteiger partial charge in [0.1, 0.15) is 5.82 Å². The maximum absolute atomic E-state index is 5.97. The van der Waals surface area contributed by atoms with Gasteiger partial charge in [-0.2, -0.15) is 4.98 Å². The van der Waals surface area contributed by atoms with Gasteiger partial charge in [-0.15, -0.1) is 0 Å². The van der Waals surface area contributed by atoms with Crippen molar-refractivity contribution in [2.45, 2.75) is 31.7 Å². The molecule has 1 aromatic carbocycles. The van der Waals surface area contributed by atoms with Gasteiger partial charge in [0.15, 0.2) is 0 Å². The van der Waals surface area contributed by atoms with Crippen LogP contribution in [0.25, 0.3) is 11.4 Å².